The van der Waals surface area contributed by atoms with Crippen molar-refractivity contribution in [1.29, 1.82) is 0 Å². The maximum atomic E-state index is 10.7. The molecule has 2 rings (SSSR count). The first-order valence-corrected chi connectivity index (χ1v) is 6.42. The summed E-state index contributed by atoms with van der Waals surface area (Å²) >= 11 is 0. The normalized spacial score (nSPS) is 13.9. The van der Waals surface area contributed by atoms with Crippen molar-refractivity contribution in [3.8, 4) is 0 Å². The van der Waals surface area contributed by atoms with Gasteiger partial charge in [0, 0.05) is 17.5 Å². The Labute approximate surface area is 116 Å². The van der Waals surface area contributed by atoms with E-state index in [2.05, 4.69) is 10.3 Å². The fourth-order valence-electron chi connectivity index (χ4n) is 1.85. The van der Waals surface area contributed by atoms with E-state index in [0.29, 0.717) is 16.7 Å². The Morgan fingerprint density at radius 1 is 1.40 bits per heavy atom. The molecule has 6 heteroatoms. The van der Waals surface area contributed by atoms with Crippen LogP contribution in [0, 0.1) is 10.1 Å². The summed E-state index contributed by atoms with van der Waals surface area (Å²) in [6, 6.07) is 8.10. The molecule has 0 aliphatic carbocycles. The van der Waals surface area contributed by atoms with E-state index in [-0.39, 0.29) is 12.3 Å². The molecule has 0 amide bonds. The van der Waals surface area contributed by atoms with Gasteiger partial charge >= 0.3 is 0 Å². The van der Waals surface area contributed by atoms with Crippen molar-refractivity contribution in [1.82, 2.24) is 4.98 Å². The lowest BCUT2D eigenvalue weighted by molar-refractivity contribution is -0.384. The summed E-state index contributed by atoms with van der Waals surface area (Å²) in [5.74, 6) is 0.643. The summed E-state index contributed by atoms with van der Waals surface area (Å²) in [7, 11) is 0. The van der Waals surface area contributed by atoms with Gasteiger partial charge in [-0.1, -0.05) is 6.92 Å². The zero-order valence-corrected chi connectivity index (χ0v) is 11.5. The Hall–Kier alpha value is -2.21. The molecule has 6 nitrogen and oxygen atoms in total. The molecule has 0 saturated carbocycles. The van der Waals surface area contributed by atoms with Crippen LogP contribution in [0.2, 0.25) is 0 Å². The fraction of sp³-hybridized carbons (Fsp3) is 0.357. The molecule has 2 N–H and O–H groups in total. The third-order valence-electron chi connectivity index (χ3n) is 3.44. The Bertz CT molecular complexity index is 639. The number of nitro groups is 1. The maximum Gasteiger partial charge on any atom is 0.270 e. The molecule has 106 valence electrons. The van der Waals surface area contributed by atoms with E-state index < -0.39 is 10.5 Å². The number of anilines is 1. The predicted molar refractivity (Wildman–Crippen MR) is 77.8 cm³/mol. The summed E-state index contributed by atoms with van der Waals surface area (Å²) in [6.07, 6.45) is 0.753. The second-order valence-corrected chi connectivity index (χ2v) is 5.03. The molecule has 2 aromatic rings. The van der Waals surface area contributed by atoms with E-state index in [1.165, 1.54) is 12.1 Å². The van der Waals surface area contributed by atoms with Crippen LogP contribution in [0.25, 0.3) is 10.9 Å². The van der Waals surface area contributed by atoms with E-state index in [0.717, 1.165) is 6.42 Å². The molecule has 0 saturated heterocycles. The lowest BCUT2D eigenvalue weighted by atomic mass is 10.0. The third-order valence-corrected chi connectivity index (χ3v) is 3.44. The Morgan fingerprint density at radius 3 is 2.75 bits per heavy atom. The van der Waals surface area contributed by atoms with Gasteiger partial charge in [0.1, 0.15) is 5.82 Å². The number of benzene rings is 1. The maximum absolute atomic E-state index is 10.7. The first-order chi connectivity index (χ1) is 9.47. The summed E-state index contributed by atoms with van der Waals surface area (Å²) in [4.78, 5) is 14.7. The largest absolute Gasteiger partial charge is 0.394 e. The monoisotopic (exact) mass is 275 g/mol. The number of aliphatic hydroxyl groups is 1. The number of aromatic nitrogens is 1. The van der Waals surface area contributed by atoms with Crippen LogP contribution in [0.15, 0.2) is 30.3 Å². The molecule has 0 aliphatic rings. The molecule has 20 heavy (non-hydrogen) atoms. The van der Waals surface area contributed by atoms with Gasteiger partial charge in [-0.05, 0) is 31.5 Å². The highest BCUT2D eigenvalue weighted by Crippen LogP contribution is 2.23. The van der Waals surface area contributed by atoms with Gasteiger partial charge in [-0.15, -0.1) is 0 Å². The van der Waals surface area contributed by atoms with Crippen molar-refractivity contribution in [2.24, 2.45) is 0 Å². The van der Waals surface area contributed by atoms with Crippen molar-refractivity contribution in [2.45, 2.75) is 25.8 Å². The van der Waals surface area contributed by atoms with Gasteiger partial charge in [-0.3, -0.25) is 10.1 Å². The molecular weight excluding hydrogens is 258 g/mol. The first-order valence-electron chi connectivity index (χ1n) is 6.42. The minimum Gasteiger partial charge on any atom is -0.394 e. The number of aliphatic hydroxyl groups excluding tert-OH is 1. The van der Waals surface area contributed by atoms with Gasteiger partial charge < -0.3 is 10.4 Å². The number of hydrogen-bond acceptors (Lipinski definition) is 5. The van der Waals surface area contributed by atoms with Crippen LogP contribution < -0.4 is 5.32 Å². The van der Waals surface area contributed by atoms with Crippen molar-refractivity contribution >= 4 is 22.4 Å². The van der Waals surface area contributed by atoms with Crippen molar-refractivity contribution in [3.05, 3.63) is 40.4 Å². The second kappa shape index (κ2) is 5.42. The predicted octanol–water partition coefficient (Wildman–Crippen LogP) is 2.72. The Kier molecular flexibility index (Phi) is 3.85. The number of pyridine rings is 1. The summed E-state index contributed by atoms with van der Waals surface area (Å²) in [6.45, 7) is 3.89. The minimum atomic E-state index is -0.429. The van der Waals surface area contributed by atoms with Gasteiger partial charge in [0.2, 0.25) is 0 Å². The van der Waals surface area contributed by atoms with E-state index in [4.69, 9.17) is 0 Å². The van der Waals surface area contributed by atoms with Crippen LogP contribution in [0.3, 0.4) is 0 Å². The third kappa shape index (κ3) is 2.85. The van der Waals surface area contributed by atoms with Crippen LogP contribution in [-0.4, -0.2) is 27.2 Å². The quantitative estimate of drug-likeness (QED) is 0.647. The highest BCUT2D eigenvalue weighted by molar-refractivity contribution is 5.82. The highest BCUT2D eigenvalue weighted by atomic mass is 16.6. The standard InChI is InChI=1S/C14H17N3O3/c1-3-14(2,9-18)16-13-7-4-10-8-11(17(19)20)5-6-12(10)15-13/h4-8,18H,3,9H2,1-2H3,(H,15,16). The number of nitro benzene ring substituents is 1. The molecule has 1 aromatic heterocycles. The average molecular weight is 275 g/mol. The Morgan fingerprint density at radius 2 is 2.15 bits per heavy atom. The number of hydrogen-bond donors (Lipinski definition) is 2. The zero-order chi connectivity index (χ0) is 14.8. The van der Waals surface area contributed by atoms with Crippen molar-refractivity contribution in [2.75, 3.05) is 11.9 Å². The van der Waals surface area contributed by atoms with Gasteiger partial charge in [0.05, 0.1) is 22.6 Å². The summed E-state index contributed by atoms with van der Waals surface area (Å²) in [5.41, 5.74) is 0.298. The van der Waals surface area contributed by atoms with Gasteiger partial charge in [0.15, 0.2) is 0 Å². The molecule has 0 radical (unpaired) electrons. The van der Waals surface area contributed by atoms with Crippen molar-refractivity contribution < 1.29 is 10.0 Å². The van der Waals surface area contributed by atoms with E-state index in [1.807, 2.05) is 13.8 Å². The lowest BCUT2D eigenvalue weighted by Crippen LogP contribution is -2.38. The number of rotatable bonds is 5. The van der Waals surface area contributed by atoms with Crippen LogP contribution in [0.5, 0.6) is 0 Å². The zero-order valence-electron chi connectivity index (χ0n) is 11.5. The molecule has 1 heterocycles. The van der Waals surface area contributed by atoms with Crippen LogP contribution in [-0.2, 0) is 0 Å². The summed E-state index contributed by atoms with van der Waals surface area (Å²) < 4.78 is 0. The topological polar surface area (TPSA) is 88.3 Å². The number of nitrogens with one attached hydrogen (secondary N) is 1. The van der Waals surface area contributed by atoms with E-state index >= 15 is 0 Å². The van der Waals surface area contributed by atoms with Crippen molar-refractivity contribution in [3.63, 3.8) is 0 Å². The number of fused-ring (bicyclic) bond motifs is 1. The van der Waals surface area contributed by atoms with Crippen LogP contribution >= 0.6 is 0 Å². The van der Waals surface area contributed by atoms with Crippen LogP contribution in [0.1, 0.15) is 20.3 Å². The second-order valence-electron chi connectivity index (χ2n) is 5.03. The van der Waals surface area contributed by atoms with Gasteiger partial charge in [0.25, 0.3) is 5.69 Å². The van der Waals surface area contributed by atoms with Crippen LogP contribution in [0.4, 0.5) is 11.5 Å². The lowest BCUT2D eigenvalue weighted by Gasteiger charge is -2.27. The smallest absolute Gasteiger partial charge is 0.270 e. The van der Waals surface area contributed by atoms with Gasteiger partial charge in [-0.25, -0.2) is 4.98 Å². The average Bonchev–Trinajstić information content (AvgIpc) is 2.46. The van der Waals surface area contributed by atoms with E-state index in [9.17, 15) is 15.2 Å². The fourth-order valence-corrected chi connectivity index (χ4v) is 1.85. The summed E-state index contributed by atoms with van der Waals surface area (Å²) in [5, 5.41) is 24.0. The molecule has 1 atom stereocenters. The molecule has 0 spiro atoms. The SMILES string of the molecule is CCC(C)(CO)Nc1ccc2cc([N+](=O)[O-])ccc2n1. The first kappa shape index (κ1) is 14.2. The Balaban J connectivity index is 2.35. The molecule has 1 unspecified atom stereocenters. The molecule has 1 aromatic carbocycles. The number of nitrogens with zero attached hydrogens (tertiary/aromatic N) is 2. The van der Waals surface area contributed by atoms with Gasteiger partial charge in [-0.2, -0.15) is 0 Å². The highest BCUT2D eigenvalue weighted by Gasteiger charge is 2.21. The molecular formula is C14H17N3O3. The molecule has 0 aliphatic heterocycles. The minimum absolute atomic E-state index is 0.00345. The number of non-ortho nitro benzene ring substituents is 1. The molecule has 0 bridgehead atoms. The van der Waals surface area contributed by atoms with E-state index in [1.54, 1.807) is 18.2 Å². The molecule has 0 fully saturated rings.